The number of methoxy groups -OCH3 is 1. The summed E-state index contributed by atoms with van der Waals surface area (Å²) in [4.78, 5) is 12.3. The second-order valence-electron chi connectivity index (χ2n) is 5.41. The Morgan fingerprint density at radius 2 is 1.76 bits per heavy atom. The van der Waals surface area contributed by atoms with E-state index in [1.807, 2.05) is 24.3 Å². The van der Waals surface area contributed by atoms with Gasteiger partial charge in [-0.2, -0.15) is 0 Å². The highest BCUT2D eigenvalue weighted by Gasteiger charge is 2.16. The number of nitrogens with one attached hydrogen (secondary N) is 1. The maximum Gasteiger partial charge on any atom is 0.251 e. The van der Waals surface area contributed by atoms with Crippen LogP contribution in [0.2, 0.25) is 0 Å². The number of hydrogen-bond acceptors (Lipinski definition) is 4. The second-order valence-corrected chi connectivity index (χ2v) is 7.70. The van der Waals surface area contributed by atoms with Crippen LogP contribution in [0, 0.1) is 0 Å². The Kier molecular flexibility index (Phi) is 6.03. The lowest BCUT2D eigenvalue weighted by Gasteiger charge is -2.18. The lowest BCUT2D eigenvalue weighted by molar-refractivity contribution is 0.0950. The zero-order chi connectivity index (χ0) is 18.4. The van der Waals surface area contributed by atoms with Crippen LogP contribution < -0.4 is 14.4 Å². The average molecular weight is 362 g/mol. The van der Waals surface area contributed by atoms with E-state index in [-0.39, 0.29) is 11.7 Å². The molecule has 25 heavy (non-hydrogen) atoms. The Labute approximate surface area is 148 Å². The van der Waals surface area contributed by atoms with Crippen LogP contribution in [0.3, 0.4) is 0 Å². The quantitative estimate of drug-likeness (QED) is 0.821. The number of nitrogens with zero attached hydrogens (tertiary/aromatic N) is 1. The van der Waals surface area contributed by atoms with Crippen molar-refractivity contribution >= 4 is 21.6 Å². The highest BCUT2D eigenvalue weighted by Crippen LogP contribution is 2.19. The molecule has 0 atom stereocenters. The number of rotatable bonds is 7. The summed E-state index contributed by atoms with van der Waals surface area (Å²) < 4.78 is 30.2. The van der Waals surface area contributed by atoms with Crippen LogP contribution in [0.5, 0.6) is 5.75 Å². The van der Waals surface area contributed by atoms with Crippen molar-refractivity contribution in [3.8, 4) is 5.75 Å². The fraction of sp³-hybridized carbons (Fsp3) is 0.278. The minimum Gasteiger partial charge on any atom is -0.496 e. The molecular weight excluding hydrogens is 340 g/mol. The summed E-state index contributed by atoms with van der Waals surface area (Å²) in [6.45, 7) is 1.93. The van der Waals surface area contributed by atoms with Gasteiger partial charge in [0.15, 0.2) is 0 Å². The number of para-hydroxylation sites is 1. The monoisotopic (exact) mass is 362 g/mol. The Hall–Kier alpha value is -2.54. The molecule has 0 aliphatic heterocycles. The van der Waals surface area contributed by atoms with Gasteiger partial charge in [0.1, 0.15) is 5.75 Å². The SMILES string of the molecule is CCS(=O)(=O)N(C)c1ccc(C(=O)NCc2ccccc2OC)cc1. The van der Waals surface area contributed by atoms with Gasteiger partial charge in [0, 0.05) is 24.7 Å². The van der Waals surface area contributed by atoms with Gasteiger partial charge in [0.2, 0.25) is 10.0 Å². The van der Waals surface area contributed by atoms with Crippen molar-refractivity contribution in [2.45, 2.75) is 13.5 Å². The third-order valence-corrected chi connectivity index (χ3v) is 5.68. The van der Waals surface area contributed by atoms with Gasteiger partial charge in [-0.15, -0.1) is 0 Å². The molecule has 0 aliphatic carbocycles. The van der Waals surface area contributed by atoms with E-state index in [2.05, 4.69) is 5.32 Å². The topological polar surface area (TPSA) is 75.7 Å². The highest BCUT2D eigenvalue weighted by molar-refractivity contribution is 7.92. The standard InChI is InChI=1S/C18H22N2O4S/c1-4-25(22,23)20(2)16-11-9-14(10-12-16)18(21)19-13-15-7-5-6-8-17(15)24-3/h5-12H,4,13H2,1-3H3,(H,19,21). The maximum absolute atomic E-state index is 12.3. The normalized spacial score (nSPS) is 11.0. The molecule has 0 saturated heterocycles. The third-order valence-electron chi connectivity index (χ3n) is 3.91. The van der Waals surface area contributed by atoms with Gasteiger partial charge in [0.05, 0.1) is 18.6 Å². The molecule has 0 radical (unpaired) electrons. The number of carbonyl (C=O) groups excluding carboxylic acids is 1. The third kappa shape index (κ3) is 4.51. The summed E-state index contributed by atoms with van der Waals surface area (Å²) >= 11 is 0. The van der Waals surface area contributed by atoms with E-state index in [4.69, 9.17) is 4.74 Å². The highest BCUT2D eigenvalue weighted by atomic mass is 32.2. The van der Waals surface area contributed by atoms with Crippen LogP contribution in [0.4, 0.5) is 5.69 Å². The smallest absolute Gasteiger partial charge is 0.251 e. The van der Waals surface area contributed by atoms with E-state index in [0.717, 1.165) is 5.56 Å². The molecule has 2 aromatic carbocycles. The molecule has 2 aromatic rings. The zero-order valence-corrected chi connectivity index (χ0v) is 15.3. The largest absolute Gasteiger partial charge is 0.496 e. The fourth-order valence-corrected chi connectivity index (χ4v) is 3.13. The van der Waals surface area contributed by atoms with Crippen LogP contribution in [0.15, 0.2) is 48.5 Å². The predicted octanol–water partition coefficient (Wildman–Crippen LogP) is 2.41. The van der Waals surface area contributed by atoms with Crippen LogP contribution in [-0.2, 0) is 16.6 Å². The van der Waals surface area contributed by atoms with Gasteiger partial charge in [-0.3, -0.25) is 9.10 Å². The van der Waals surface area contributed by atoms with E-state index >= 15 is 0 Å². The molecule has 1 amide bonds. The van der Waals surface area contributed by atoms with E-state index in [1.54, 1.807) is 38.3 Å². The average Bonchev–Trinajstić information content (AvgIpc) is 2.65. The van der Waals surface area contributed by atoms with Gasteiger partial charge in [-0.05, 0) is 37.3 Å². The number of hydrogen-bond donors (Lipinski definition) is 1. The van der Waals surface area contributed by atoms with Crippen molar-refractivity contribution in [2.75, 3.05) is 24.2 Å². The molecule has 0 aliphatic rings. The van der Waals surface area contributed by atoms with Crippen LogP contribution in [0.25, 0.3) is 0 Å². The van der Waals surface area contributed by atoms with Crippen molar-refractivity contribution < 1.29 is 17.9 Å². The van der Waals surface area contributed by atoms with E-state index in [9.17, 15) is 13.2 Å². The van der Waals surface area contributed by atoms with Crippen LogP contribution in [-0.4, -0.2) is 34.2 Å². The second kappa shape index (κ2) is 8.02. The first-order chi connectivity index (χ1) is 11.9. The molecule has 0 aromatic heterocycles. The molecule has 6 nitrogen and oxygen atoms in total. The number of sulfonamides is 1. The molecule has 0 heterocycles. The lowest BCUT2D eigenvalue weighted by Crippen LogP contribution is -2.28. The molecule has 7 heteroatoms. The minimum atomic E-state index is -3.32. The van der Waals surface area contributed by atoms with Gasteiger partial charge in [-0.1, -0.05) is 18.2 Å². The molecule has 0 saturated carbocycles. The van der Waals surface area contributed by atoms with E-state index in [0.29, 0.717) is 23.5 Å². The first-order valence-electron chi connectivity index (χ1n) is 7.85. The van der Waals surface area contributed by atoms with Gasteiger partial charge >= 0.3 is 0 Å². The van der Waals surface area contributed by atoms with Gasteiger partial charge in [0.25, 0.3) is 5.91 Å². The molecular formula is C18H22N2O4S. The first-order valence-corrected chi connectivity index (χ1v) is 9.46. The lowest BCUT2D eigenvalue weighted by atomic mass is 10.1. The van der Waals surface area contributed by atoms with Crippen molar-refractivity contribution in [3.63, 3.8) is 0 Å². The van der Waals surface area contributed by atoms with Gasteiger partial charge < -0.3 is 10.1 Å². The van der Waals surface area contributed by atoms with Crippen molar-refractivity contribution in [2.24, 2.45) is 0 Å². The summed E-state index contributed by atoms with van der Waals surface area (Å²) in [5.74, 6) is 0.494. The van der Waals surface area contributed by atoms with Crippen LogP contribution in [0.1, 0.15) is 22.8 Å². The summed E-state index contributed by atoms with van der Waals surface area (Å²) in [5, 5.41) is 2.83. The minimum absolute atomic E-state index is 0.0185. The Bertz CT molecular complexity index is 832. The number of amides is 1. The van der Waals surface area contributed by atoms with Crippen molar-refractivity contribution in [3.05, 3.63) is 59.7 Å². The Balaban J connectivity index is 2.06. The molecule has 1 N–H and O–H groups in total. The summed E-state index contributed by atoms with van der Waals surface area (Å²) in [5.41, 5.74) is 1.85. The molecule has 2 rings (SSSR count). The van der Waals surface area contributed by atoms with Gasteiger partial charge in [-0.25, -0.2) is 8.42 Å². The molecule has 134 valence electrons. The Morgan fingerprint density at radius 1 is 1.12 bits per heavy atom. The fourth-order valence-electron chi connectivity index (χ4n) is 2.30. The summed E-state index contributed by atoms with van der Waals surface area (Å²) in [6.07, 6.45) is 0. The number of ether oxygens (including phenoxy) is 1. The summed E-state index contributed by atoms with van der Waals surface area (Å²) in [7, 11) is -0.240. The van der Waals surface area contributed by atoms with E-state index in [1.165, 1.54) is 11.4 Å². The van der Waals surface area contributed by atoms with E-state index < -0.39 is 10.0 Å². The molecule has 0 unspecified atom stereocenters. The Morgan fingerprint density at radius 3 is 2.36 bits per heavy atom. The van der Waals surface area contributed by atoms with Crippen molar-refractivity contribution in [1.82, 2.24) is 5.32 Å². The maximum atomic E-state index is 12.3. The number of benzene rings is 2. The predicted molar refractivity (Wildman–Crippen MR) is 98.5 cm³/mol. The van der Waals surface area contributed by atoms with Crippen molar-refractivity contribution in [1.29, 1.82) is 0 Å². The number of carbonyl (C=O) groups is 1. The molecule has 0 bridgehead atoms. The number of anilines is 1. The van der Waals surface area contributed by atoms with Crippen LogP contribution >= 0.6 is 0 Å². The zero-order valence-electron chi connectivity index (χ0n) is 14.5. The molecule has 0 fully saturated rings. The molecule has 0 spiro atoms. The summed E-state index contributed by atoms with van der Waals surface area (Å²) in [6, 6.07) is 13.9. The first kappa shape index (κ1) is 18.8.